The van der Waals surface area contributed by atoms with E-state index in [2.05, 4.69) is 41.3 Å². The number of methoxy groups -OCH3 is 1. The molecule has 0 fully saturated rings. The van der Waals surface area contributed by atoms with Crippen LogP contribution in [0.15, 0.2) is 64.3 Å². The lowest BCUT2D eigenvalue weighted by molar-refractivity contribution is -0.00648. The molecule has 0 N–H and O–H groups in total. The Labute approximate surface area is 213 Å². The van der Waals surface area contributed by atoms with Gasteiger partial charge in [0.25, 0.3) is 5.56 Å². The number of aromatic nitrogens is 4. The lowest BCUT2D eigenvalue weighted by atomic mass is 9.97. The van der Waals surface area contributed by atoms with E-state index in [1.165, 1.54) is 11.6 Å². The minimum atomic E-state index is -0.480. The highest BCUT2D eigenvalue weighted by molar-refractivity contribution is 5.97. The first-order valence-electron chi connectivity index (χ1n) is 12.3. The fourth-order valence-corrected chi connectivity index (χ4v) is 5.84. The molecule has 0 aliphatic carbocycles. The van der Waals surface area contributed by atoms with Gasteiger partial charge in [-0.2, -0.15) is 0 Å². The van der Waals surface area contributed by atoms with Crippen LogP contribution in [0.5, 0.6) is 5.75 Å². The minimum Gasteiger partial charge on any atom is -0.497 e. The molecule has 0 amide bonds. The molecular weight excluding hydrogens is 468 g/mol. The monoisotopic (exact) mass is 498 g/mol. The van der Waals surface area contributed by atoms with Crippen LogP contribution in [0.4, 0.5) is 0 Å². The zero-order chi connectivity index (χ0) is 26.2. The van der Waals surface area contributed by atoms with Crippen LogP contribution in [-0.4, -0.2) is 32.0 Å². The first-order chi connectivity index (χ1) is 17.7. The van der Waals surface area contributed by atoms with Gasteiger partial charge in [-0.3, -0.25) is 13.9 Å². The predicted octanol–water partition coefficient (Wildman–Crippen LogP) is 4.06. The van der Waals surface area contributed by atoms with Gasteiger partial charge in [-0.25, -0.2) is 4.79 Å². The van der Waals surface area contributed by atoms with Gasteiger partial charge in [0, 0.05) is 43.8 Å². The molecule has 5 aromatic rings. The van der Waals surface area contributed by atoms with Crippen molar-refractivity contribution in [3.63, 3.8) is 0 Å². The fourth-order valence-electron chi connectivity index (χ4n) is 5.84. The average molecular weight is 499 g/mol. The van der Waals surface area contributed by atoms with E-state index in [0.29, 0.717) is 17.5 Å². The summed E-state index contributed by atoms with van der Waals surface area (Å²) in [5.41, 5.74) is 3.99. The molecular formula is C29H30N4O4. The quantitative estimate of drug-likeness (QED) is 0.376. The zero-order valence-corrected chi connectivity index (χ0v) is 21.9. The SMILES string of the molecule is COc1ccc(-c2c3c(=O)n(C)c(=O)n(C)c3c3n2C(C)(C)CO[C@H]3c2cn(C)c3ccccc23)cc1. The molecule has 1 atom stereocenters. The summed E-state index contributed by atoms with van der Waals surface area (Å²) in [4.78, 5) is 27.0. The van der Waals surface area contributed by atoms with E-state index in [0.717, 1.165) is 39.2 Å². The summed E-state index contributed by atoms with van der Waals surface area (Å²) in [6, 6.07) is 15.9. The molecule has 4 heterocycles. The molecule has 3 aromatic heterocycles. The van der Waals surface area contributed by atoms with Crippen LogP contribution < -0.4 is 16.0 Å². The highest BCUT2D eigenvalue weighted by Gasteiger charge is 2.41. The number of rotatable bonds is 3. The Hall–Kier alpha value is -4.04. The number of benzene rings is 2. The van der Waals surface area contributed by atoms with Gasteiger partial charge in [0.2, 0.25) is 0 Å². The second-order valence-electron chi connectivity index (χ2n) is 10.4. The highest BCUT2D eigenvalue weighted by Crippen LogP contribution is 2.46. The first-order valence-corrected chi connectivity index (χ1v) is 12.3. The van der Waals surface area contributed by atoms with Crippen molar-refractivity contribution < 1.29 is 9.47 Å². The highest BCUT2D eigenvalue weighted by atomic mass is 16.5. The number of nitrogens with zero attached hydrogens (tertiary/aromatic N) is 4. The van der Waals surface area contributed by atoms with Crippen molar-refractivity contribution in [2.75, 3.05) is 13.7 Å². The Morgan fingerprint density at radius 1 is 0.973 bits per heavy atom. The smallest absolute Gasteiger partial charge is 0.331 e. The molecule has 0 unspecified atom stereocenters. The average Bonchev–Trinajstić information content (AvgIpc) is 3.43. The Bertz CT molecular complexity index is 1820. The summed E-state index contributed by atoms with van der Waals surface area (Å²) >= 11 is 0. The van der Waals surface area contributed by atoms with Gasteiger partial charge < -0.3 is 18.6 Å². The maximum atomic E-state index is 13.8. The Kier molecular flexibility index (Phi) is 5.04. The molecule has 8 heteroatoms. The molecule has 1 aliphatic heterocycles. The number of hydrogen-bond acceptors (Lipinski definition) is 4. The largest absolute Gasteiger partial charge is 0.497 e. The Balaban J connectivity index is 1.80. The molecule has 8 nitrogen and oxygen atoms in total. The lowest BCUT2D eigenvalue weighted by Gasteiger charge is -2.39. The number of hydrogen-bond donors (Lipinski definition) is 0. The molecule has 0 bridgehead atoms. The van der Waals surface area contributed by atoms with Crippen LogP contribution in [-0.2, 0) is 31.4 Å². The summed E-state index contributed by atoms with van der Waals surface area (Å²) in [6.07, 6.45) is 1.62. The van der Waals surface area contributed by atoms with E-state index in [-0.39, 0.29) is 11.2 Å². The second kappa shape index (κ2) is 7.98. The van der Waals surface area contributed by atoms with Gasteiger partial charge in [-0.1, -0.05) is 18.2 Å². The Morgan fingerprint density at radius 2 is 1.68 bits per heavy atom. The van der Waals surface area contributed by atoms with E-state index < -0.39 is 11.6 Å². The van der Waals surface area contributed by atoms with E-state index in [1.807, 2.05) is 43.4 Å². The van der Waals surface area contributed by atoms with Crippen molar-refractivity contribution >= 4 is 21.8 Å². The third kappa shape index (κ3) is 3.18. The second-order valence-corrected chi connectivity index (χ2v) is 10.4. The van der Waals surface area contributed by atoms with Crippen LogP contribution in [0.2, 0.25) is 0 Å². The van der Waals surface area contributed by atoms with Crippen LogP contribution in [0.3, 0.4) is 0 Å². The summed E-state index contributed by atoms with van der Waals surface area (Å²) in [7, 11) is 6.90. The van der Waals surface area contributed by atoms with Crippen LogP contribution >= 0.6 is 0 Å². The molecule has 0 saturated carbocycles. The third-order valence-corrected chi connectivity index (χ3v) is 7.64. The molecule has 0 radical (unpaired) electrons. The topological polar surface area (TPSA) is 72.3 Å². The van der Waals surface area contributed by atoms with E-state index in [1.54, 1.807) is 18.7 Å². The molecule has 2 aromatic carbocycles. The van der Waals surface area contributed by atoms with Gasteiger partial charge in [-0.15, -0.1) is 0 Å². The van der Waals surface area contributed by atoms with Crippen molar-refractivity contribution in [2.24, 2.45) is 21.1 Å². The van der Waals surface area contributed by atoms with Gasteiger partial charge >= 0.3 is 5.69 Å². The zero-order valence-electron chi connectivity index (χ0n) is 21.9. The van der Waals surface area contributed by atoms with E-state index in [4.69, 9.17) is 9.47 Å². The van der Waals surface area contributed by atoms with Gasteiger partial charge in [0.1, 0.15) is 11.9 Å². The Morgan fingerprint density at radius 3 is 2.38 bits per heavy atom. The van der Waals surface area contributed by atoms with E-state index in [9.17, 15) is 9.59 Å². The van der Waals surface area contributed by atoms with Crippen LogP contribution in [0.1, 0.15) is 31.2 Å². The number of aryl methyl sites for hydroxylation is 2. The van der Waals surface area contributed by atoms with Crippen molar-refractivity contribution in [1.82, 2.24) is 18.3 Å². The van der Waals surface area contributed by atoms with E-state index >= 15 is 0 Å². The van der Waals surface area contributed by atoms with Gasteiger partial charge in [0.05, 0.1) is 41.5 Å². The third-order valence-electron chi connectivity index (χ3n) is 7.64. The van der Waals surface area contributed by atoms with Crippen LogP contribution in [0, 0.1) is 0 Å². The van der Waals surface area contributed by atoms with Crippen molar-refractivity contribution in [2.45, 2.75) is 25.5 Å². The molecule has 190 valence electrons. The van der Waals surface area contributed by atoms with Gasteiger partial charge in [-0.05, 0) is 49.7 Å². The fraction of sp³-hybridized carbons (Fsp3) is 0.310. The summed E-state index contributed by atoms with van der Waals surface area (Å²) in [6.45, 7) is 4.64. The molecule has 37 heavy (non-hydrogen) atoms. The molecule has 6 rings (SSSR count). The first kappa shape index (κ1) is 23.4. The summed E-state index contributed by atoms with van der Waals surface area (Å²) in [5.74, 6) is 0.731. The molecule has 0 saturated heterocycles. The molecule has 1 aliphatic rings. The minimum absolute atomic E-state index is 0.321. The number of ether oxygens (including phenoxy) is 2. The summed E-state index contributed by atoms with van der Waals surface area (Å²) < 4.78 is 19.1. The van der Waals surface area contributed by atoms with Crippen molar-refractivity contribution in [3.05, 3.63) is 86.8 Å². The molecule has 0 spiro atoms. The summed E-state index contributed by atoms with van der Waals surface area (Å²) in [5, 5.41) is 1.59. The van der Waals surface area contributed by atoms with Crippen LogP contribution in [0.25, 0.3) is 33.1 Å². The maximum absolute atomic E-state index is 13.8. The van der Waals surface area contributed by atoms with Gasteiger partial charge in [0.15, 0.2) is 0 Å². The number of para-hydroxylation sites is 1. The predicted molar refractivity (Wildman–Crippen MR) is 144 cm³/mol. The van der Waals surface area contributed by atoms with Crippen molar-refractivity contribution in [1.29, 1.82) is 0 Å². The lowest BCUT2D eigenvalue weighted by Crippen LogP contribution is -2.40. The number of fused-ring (bicyclic) bond motifs is 4. The normalized spacial score (nSPS) is 16.9. The standard InChI is InChI=1S/C29H30N4O4/c1-29(2)16-37-26(20-15-30(3)21-10-8-7-9-19(20)21)25-24-22(27(34)32(5)28(35)31(24)4)23(33(25)29)17-11-13-18(36-6)14-12-17/h7-15,26H,16H2,1-6H3/t26-/m0/s1. The maximum Gasteiger partial charge on any atom is 0.331 e. The van der Waals surface area contributed by atoms with Crippen molar-refractivity contribution in [3.8, 4) is 17.0 Å².